The molecule has 5 nitrogen and oxygen atoms in total. The number of carbonyl (C=O) groups excluding carboxylic acids is 2. The molecule has 0 spiro atoms. The highest BCUT2D eigenvalue weighted by atomic mass is 16.5. The lowest BCUT2D eigenvalue weighted by Crippen LogP contribution is -2.45. The lowest BCUT2D eigenvalue weighted by molar-refractivity contribution is -0.137. The quantitative estimate of drug-likeness (QED) is 0.795. The zero-order chi connectivity index (χ0) is 18.3. The van der Waals surface area contributed by atoms with Crippen LogP contribution in [0.25, 0.3) is 0 Å². The van der Waals surface area contributed by atoms with Gasteiger partial charge in [-0.05, 0) is 36.6 Å². The van der Waals surface area contributed by atoms with Crippen molar-refractivity contribution in [1.82, 2.24) is 5.32 Å². The number of hydrogen-bond donors (Lipinski definition) is 2. The normalized spacial score (nSPS) is 12.9. The van der Waals surface area contributed by atoms with Crippen LogP contribution in [-0.2, 0) is 19.9 Å². The fraction of sp³-hybridized carbons (Fsp3) is 0.300. The Hall–Kier alpha value is -2.66. The maximum Gasteiger partial charge on any atom is 0.313 e. The van der Waals surface area contributed by atoms with Crippen LogP contribution in [0.1, 0.15) is 24.5 Å². The second kappa shape index (κ2) is 8.44. The molecule has 0 saturated carbocycles. The van der Waals surface area contributed by atoms with E-state index in [0.29, 0.717) is 12.1 Å². The largest absolute Gasteiger partial charge is 0.372 e. The van der Waals surface area contributed by atoms with Crippen LogP contribution in [0.3, 0.4) is 0 Å². The Kier molecular flexibility index (Phi) is 6.31. The summed E-state index contributed by atoms with van der Waals surface area (Å²) in [6.07, 6.45) is 0.660. The number of ether oxygens (including phenoxy) is 1. The topological polar surface area (TPSA) is 67.4 Å². The Labute approximate surface area is 148 Å². The molecule has 0 aromatic heterocycles. The van der Waals surface area contributed by atoms with Gasteiger partial charge < -0.3 is 15.4 Å². The van der Waals surface area contributed by atoms with Crippen LogP contribution in [0.2, 0.25) is 0 Å². The van der Waals surface area contributed by atoms with E-state index >= 15 is 0 Å². The first kappa shape index (κ1) is 18.7. The zero-order valence-corrected chi connectivity index (χ0v) is 14.8. The van der Waals surface area contributed by atoms with Gasteiger partial charge >= 0.3 is 11.8 Å². The first-order valence-corrected chi connectivity index (χ1v) is 8.27. The predicted molar refractivity (Wildman–Crippen MR) is 98.2 cm³/mol. The second-order valence-electron chi connectivity index (χ2n) is 5.92. The number of benzene rings is 2. The van der Waals surface area contributed by atoms with Gasteiger partial charge in [0, 0.05) is 12.8 Å². The first-order chi connectivity index (χ1) is 12.0. The van der Waals surface area contributed by atoms with Gasteiger partial charge in [0.25, 0.3) is 0 Å². The molecule has 0 aliphatic heterocycles. The van der Waals surface area contributed by atoms with Gasteiger partial charge in [0.15, 0.2) is 0 Å². The highest BCUT2D eigenvalue weighted by Crippen LogP contribution is 2.28. The Bertz CT molecular complexity index is 725. The van der Waals surface area contributed by atoms with Gasteiger partial charge in [0.2, 0.25) is 0 Å². The SMILES string of the molecule is CCC(CNC(=O)C(=O)Nc1cccc(C)c1)(OC)c1ccccc1. The molecule has 2 rings (SSSR count). The fourth-order valence-corrected chi connectivity index (χ4v) is 2.72. The number of nitrogens with one attached hydrogen (secondary N) is 2. The molecule has 2 aromatic rings. The molecule has 132 valence electrons. The number of anilines is 1. The Morgan fingerprint density at radius 2 is 1.76 bits per heavy atom. The molecule has 0 bridgehead atoms. The molecule has 5 heteroatoms. The van der Waals surface area contributed by atoms with Crippen LogP contribution in [-0.4, -0.2) is 25.5 Å². The minimum atomic E-state index is -0.695. The number of hydrogen-bond acceptors (Lipinski definition) is 3. The highest BCUT2D eigenvalue weighted by Gasteiger charge is 2.31. The molecule has 25 heavy (non-hydrogen) atoms. The maximum atomic E-state index is 12.2. The summed E-state index contributed by atoms with van der Waals surface area (Å²) >= 11 is 0. The van der Waals surface area contributed by atoms with Crippen molar-refractivity contribution < 1.29 is 14.3 Å². The predicted octanol–water partition coefficient (Wildman–Crippen LogP) is 3.00. The summed E-state index contributed by atoms with van der Waals surface area (Å²) in [6, 6.07) is 17.0. The standard InChI is InChI=1S/C20H24N2O3/c1-4-20(25-3,16-10-6-5-7-11-16)14-21-18(23)19(24)22-17-12-8-9-15(2)13-17/h5-13H,4,14H2,1-3H3,(H,21,23)(H,22,24). The van der Waals surface area contributed by atoms with Crippen molar-refractivity contribution in [2.45, 2.75) is 25.9 Å². The fourth-order valence-electron chi connectivity index (χ4n) is 2.72. The summed E-state index contributed by atoms with van der Waals surface area (Å²) in [4.78, 5) is 24.3. The lowest BCUT2D eigenvalue weighted by Gasteiger charge is -2.32. The molecule has 1 unspecified atom stereocenters. The minimum absolute atomic E-state index is 0.212. The summed E-state index contributed by atoms with van der Waals surface area (Å²) in [5.41, 5.74) is 1.89. The van der Waals surface area contributed by atoms with Crippen molar-refractivity contribution in [1.29, 1.82) is 0 Å². The van der Waals surface area contributed by atoms with E-state index < -0.39 is 17.4 Å². The molecule has 0 fully saturated rings. The van der Waals surface area contributed by atoms with Crippen molar-refractivity contribution >= 4 is 17.5 Å². The van der Waals surface area contributed by atoms with E-state index in [2.05, 4.69) is 10.6 Å². The van der Waals surface area contributed by atoms with E-state index in [1.807, 2.05) is 56.3 Å². The number of carbonyl (C=O) groups is 2. The Morgan fingerprint density at radius 1 is 1.04 bits per heavy atom. The third kappa shape index (κ3) is 4.67. The molecule has 1 atom stereocenters. The third-order valence-electron chi connectivity index (χ3n) is 4.28. The van der Waals surface area contributed by atoms with Gasteiger partial charge in [-0.25, -0.2) is 0 Å². The van der Waals surface area contributed by atoms with Crippen LogP contribution in [0, 0.1) is 6.92 Å². The molecular formula is C20H24N2O3. The van der Waals surface area contributed by atoms with Gasteiger partial charge in [0.1, 0.15) is 5.60 Å². The molecule has 0 radical (unpaired) electrons. The van der Waals surface area contributed by atoms with Crippen LogP contribution in [0.5, 0.6) is 0 Å². The minimum Gasteiger partial charge on any atom is -0.372 e. The molecule has 2 amide bonds. The zero-order valence-electron chi connectivity index (χ0n) is 14.8. The van der Waals surface area contributed by atoms with Gasteiger partial charge in [-0.3, -0.25) is 9.59 Å². The van der Waals surface area contributed by atoms with Crippen molar-refractivity contribution in [3.05, 3.63) is 65.7 Å². The van der Waals surface area contributed by atoms with E-state index in [0.717, 1.165) is 11.1 Å². The summed E-state index contributed by atoms with van der Waals surface area (Å²) in [5, 5.41) is 5.29. The van der Waals surface area contributed by atoms with E-state index in [9.17, 15) is 9.59 Å². The van der Waals surface area contributed by atoms with Crippen molar-refractivity contribution in [3.63, 3.8) is 0 Å². The average Bonchev–Trinajstić information content (AvgIpc) is 2.63. The average molecular weight is 340 g/mol. The van der Waals surface area contributed by atoms with Crippen LogP contribution >= 0.6 is 0 Å². The first-order valence-electron chi connectivity index (χ1n) is 8.27. The van der Waals surface area contributed by atoms with Crippen molar-refractivity contribution in [2.24, 2.45) is 0 Å². The summed E-state index contributed by atoms with van der Waals surface area (Å²) in [5.74, 6) is -1.38. The van der Waals surface area contributed by atoms with E-state index in [-0.39, 0.29) is 6.54 Å². The molecule has 2 N–H and O–H groups in total. The maximum absolute atomic E-state index is 12.2. The number of aryl methyl sites for hydroxylation is 1. The number of amides is 2. The van der Waals surface area contributed by atoms with E-state index in [4.69, 9.17) is 4.74 Å². The summed E-state index contributed by atoms with van der Waals surface area (Å²) in [7, 11) is 1.61. The lowest BCUT2D eigenvalue weighted by atomic mass is 9.90. The molecular weight excluding hydrogens is 316 g/mol. The van der Waals surface area contributed by atoms with Crippen molar-refractivity contribution in [3.8, 4) is 0 Å². The summed E-state index contributed by atoms with van der Waals surface area (Å²) < 4.78 is 5.69. The van der Waals surface area contributed by atoms with Gasteiger partial charge in [-0.1, -0.05) is 49.4 Å². The molecule has 2 aromatic carbocycles. The van der Waals surface area contributed by atoms with E-state index in [1.165, 1.54) is 0 Å². The van der Waals surface area contributed by atoms with Crippen LogP contribution in [0.4, 0.5) is 5.69 Å². The van der Waals surface area contributed by atoms with E-state index in [1.54, 1.807) is 19.2 Å². The molecule has 0 saturated heterocycles. The van der Waals surface area contributed by atoms with Gasteiger partial charge in [0.05, 0.1) is 6.54 Å². The highest BCUT2D eigenvalue weighted by molar-refractivity contribution is 6.39. The number of methoxy groups -OCH3 is 1. The van der Waals surface area contributed by atoms with Gasteiger partial charge in [-0.15, -0.1) is 0 Å². The summed E-state index contributed by atoms with van der Waals surface area (Å²) in [6.45, 7) is 4.11. The second-order valence-corrected chi connectivity index (χ2v) is 5.92. The molecule has 0 heterocycles. The van der Waals surface area contributed by atoms with Gasteiger partial charge in [-0.2, -0.15) is 0 Å². The van der Waals surface area contributed by atoms with Crippen LogP contribution in [0.15, 0.2) is 54.6 Å². The Balaban J connectivity index is 2.02. The smallest absolute Gasteiger partial charge is 0.313 e. The molecule has 0 aliphatic carbocycles. The Morgan fingerprint density at radius 3 is 2.36 bits per heavy atom. The number of rotatable bonds is 6. The van der Waals surface area contributed by atoms with Crippen molar-refractivity contribution in [2.75, 3.05) is 19.0 Å². The third-order valence-corrected chi connectivity index (χ3v) is 4.28. The van der Waals surface area contributed by atoms with Crippen LogP contribution < -0.4 is 10.6 Å². The monoisotopic (exact) mass is 340 g/mol. The molecule has 0 aliphatic rings.